The maximum atomic E-state index is 12.7. The number of nitro groups is 1. The molecule has 0 unspecified atom stereocenters. The Morgan fingerprint density at radius 3 is 2.75 bits per heavy atom. The molecule has 1 fully saturated rings. The summed E-state index contributed by atoms with van der Waals surface area (Å²) in [7, 11) is 0. The maximum absolute atomic E-state index is 12.7. The number of hydrogen-bond acceptors (Lipinski definition) is 7. The predicted octanol–water partition coefficient (Wildman–Crippen LogP) is 2.75. The molecule has 8 nitrogen and oxygen atoms in total. The third-order valence-electron chi connectivity index (χ3n) is 4.78. The third-order valence-corrected chi connectivity index (χ3v) is 4.78. The molecule has 28 heavy (non-hydrogen) atoms. The number of phenolic OH excluding ortho intramolecular Hbond substituents is 1. The Morgan fingerprint density at radius 1 is 1.21 bits per heavy atom. The number of carbonyl (C=O) groups is 1. The lowest BCUT2D eigenvalue weighted by atomic mass is 10.0. The van der Waals surface area contributed by atoms with Gasteiger partial charge in [0, 0.05) is 31.8 Å². The van der Waals surface area contributed by atoms with Gasteiger partial charge in [-0.2, -0.15) is 0 Å². The van der Waals surface area contributed by atoms with Gasteiger partial charge in [-0.25, -0.2) is 0 Å². The topological polar surface area (TPSA) is 102 Å². The van der Waals surface area contributed by atoms with E-state index in [1.165, 1.54) is 30.3 Å². The minimum absolute atomic E-state index is 0.0645. The molecule has 0 aliphatic carbocycles. The molecule has 1 saturated heterocycles. The number of benzene rings is 2. The minimum atomic E-state index is -0.493. The summed E-state index contributed by atoms with van der Waals surface area (Å²) in [5, 5.41) is 21.3. The Morgan fingerprint density at radius 2 is 2.00 bits per heavy atom. The standard InChI is InChI=1S/C20H18N2O6/c23-17-5-4-15-19(24)18(11-13-2-1-3-14(10-13)22(25)26)28-20(15)16(17)12-21-6-8-27-9-7-21/h1-5,10-11,23H,6-9,12H2/b18-11-. The zero-order valence-electron chi connectivity index (χ0n) is 15.0. The summed E-state index contributed by atoms with van der Waals surface area (Å²) >= 11 is 0. The molecule has 0 spiro atoms. The molecule has 4 rings (SSSR count). The second-order valence-electron chi connectivity index (χ2n) is 6.62. The van der Waals surface area contributed by atoms with Crippen molar-refractivity contribution >= 4 is 17.5 Å². The number of ether oxygens (including phenoxy) is 2. The smallest absolute Gasteiger partial charge is 0.270 e. The van der Waals surface area contributed by atoms with Crippen molar-refractivity contribution in [1.29, 1.82) is 0 Å². The van der Waals surface area contributed by atoms with Crippen molar-refractivity contribution in [3.63, 3.8) is 0 Å². The fraction of sp³-hybridized carbons (Fsp3) is 0.250. The molecule has 2 aliphatic rings. The highest BCUT2D eigenvalue weighted by Gasteiger charge is 2.32. The maximum Gasteiger partial charge on any atom is 0.270 e. The van der Waals surface area contributed by atoms with E-state index in [9.17, 15) is 20.0 Å². The lowest BCUT2D eigenvalue weighted by Gasteiger charge is -2.27. The number of hydrogen-bond donors (Lipinski definition) is 1. The van der Waals surface area contributed by atoms with Crippen molar-refractivity contribution in [2.45, 2.75) is 6.54 Å². The number of fused-ring (bicyclic) bond motifs is 1. The van der Waals surface area contributed by atoms with Crippen molar-refractivity contribution in [1.82, 2.24) is 4.90 Å². The number of nitro benzene ring substituents is 1. The molecule has 0 saturated carbocycles. The van der Waals surface area contributed by atoms with Crippen LogP contribution in [0.4, 0.5) is 5.69 Å². The van der Waals surface area contributed by atoms with Crippen LogP contribution in [0.25, 0.3) is 6.08 Å². The van der Waals surface area contributed by atoms with Gasteiger partial charge in [0.1, 0.15) is 11.5 Å². The summed E-state index contributed by atoms with van der Waals surface area (Å²) in [5.41, 5.74) is 1.35. The number of aromatic hydroxyl groups is 1. The van der Waals surface area contributed by atoms with Gasteiger partial charge >= 0.3 is 0 Å². The number of allylic oxidation sites excluding steroid dienone is 1. The largest absolute Gasteiger partial charge is 0.507 e. The van der Waals surface area contributed by atoms with Gasteiger partial charge < -0.3 is 14.6 Å². The number of rotatable bonds is 4. The number of phenols is 1. The fourth-order valence-corrected chi connectivity index (χ4v) is 3.31. The van der Waals surface area contributed by atoms with Crippen LogP contribution >= 0.6 is 0 Å². The Bertz CT molecular complexity index is 979. The number of Topliss-reactive ketones (excluding diaryl/α,β-unsaturated/α-hetero) is 1. The summed E-state index contributed by atoms with van der Waals surface area (Å²) in [4.78, 5) is 25.3. The van der Waals surface area contributed by atoms with E-state index >= 15 is 0 Å². The van der Waals surface area contributed by atoms with E-state index in [-0.39, 0.29) is 23.0 Å². The van der Waals surface area contributed by atoms with Crippen LogP contribution in [0.15, 0.2) is 42.2 Å². The normalized spacial score (nSPS) is 18.1. The molecule has 8 heteroatoms. The fourth-order valence-electron chi connectivity index (χ4n) is 3.31. The minimum Gasteiger partial charge on any atom is -0.507 e. The SMILES string of the molecule is O=C1/C(=C/c2cccc([N+](=O)[O-])c2)Oc2c1ccc(O)c2CN1CCOCC1. The number of morpholine rings is 1. The van der Waals surface area contributed by atoms with Crippen LogP contribution in [-0.4, -0.2) is 47.0 Å². The van der Waals surface area contributed by atoms with Gasteiger partial charge in [0.15, 0.2) is 5.76 Å². The zero-order chi connectivity index (χ0) is 19.7. The van der Waals surface area contributed by atoms with Gasteiger partial charge in [-0.05, 0) is 23.8 Å². The molecule has 1 N–H and O–H groups in total. The highest BCUT2D eigenvalue weighted by molar-refractivity contribution is 6.15. The van der Waals surface area contributed by atoms with Crippen LogP contribution in [0.3, 0.4) is 0 Å². The average Bonchev–Trinajstić information content (AvgIpc) is 3.01. The van der Waals surface area contributed by atoms with Crippen LogP contribution in [0, 0.1) is 10.1 Å². The zero-order valence-corrected chi connectivity index (χ0v) is 15.0. The first kappa shape index (κ1) is 18.1. The van der Waals surface area contributed by atoms with E-state index in [1.54, 1.807) is 12.1 Å². The van der Waals surface area contributed by atoms with Gasteiger partial charge in [0.2, 0.25) is 5.78 Å². The monoisotopic (exact) mass is 382 g/mol. The lowest BCUT2D eigenvalue weighted by molar-refractivity contribution is -0.384. The number of ketones is 1. The predicted molar refractivity (Wildman–Crippen MR) is 100 cm³/mol. The molecular formula is C20H18N2O6. The van der Waals surface area contributed by atoms with Crippen molar-refractivity contribution in [3.05, 3.63) is 69.0 Å². The van der Waals surface area contributed by atoms with E-state index in [4.69, 9.17) is 9.47 Å². The van der Waals surface area contributed by atoms with Crippen molar-refractivity contribution < 1.29 is 24.3 Å². The Hall–Kier alpha value is -3.23. The summed E-state index contributed by atoms with van der Waals surface area (Å²) in [6.07, 6.45) is 1.48. The highest BCUT2D eigenvalue weighted by Crippen LogP contribution is 2.40. The van der Waals surface area contributed by atoms with Gasteiger partial charge in [0.25, 0.3) is 5.69 Å². The van der Waals surface area contributed by atoms with Crippen LogP contribution in [-0.2, 0) is 11.3 Å². The molecule has 2 aliphatic heterocycles. The van der Waals surface area contributed by atoms with E-state index < -0.39 is 4.92 Å². The van der Waals surface area contributed by atoms with Crippen molar-refractivity contribution in [2.24, 2.45) is 0 Å². The molecule has 0 radical (unpaired) electrons. The van der Waals surface area contributed by atoms with Gasteiger partial charge in [-0.3, -0.25) is 19.8 Å². The van der Waals surface area contributed by atoms with E-state index in [2.05, 4.69) is 4.90 Å². The summed E-state index contributed by atoms with van der Waals surface area (Å²) in [5.74, 6) is 0.164. The molecule has 2 aromatic carbocycles. The van der Waals surface area contributed by atoms with E-state index in [1.807, 2.05) is 0 Å². The molecule has 2 heterocycles. The van der Waals surface area contributed by atoms with Crippen molar-refractivity contribution in [2.75, 3.05) is 26.3 Å². The quantitative estimate of drug-likeness (QED) is 0.493. The number of nitrogens with zero attached hydrogens (tertiary/aromatic N) is 2. The molecular weight excluding hydrogens is 364 g/mol. The number of carbonyl (C=O) groups excluding carboxylic acids is 1. The molecule has 0 bridgehead atoms. The van der Waals surface area contributed by atoms with Crippen LogP contribution in [0.2, 0.25) is 0 Å². The molecule has 0 atom stereocenters. The number of non-ortho nitro benzene ring substituents is 1. The summed E-state index contributed by atoms with van der Waals surface area (Å²) < 4.78 is 11.1. The first-order chi connectivity index (χ1) is 13.5. The molecule has 144 valence electrons. The molecule has 2 aromatic rings. The third kappa shape index (κ3) is 3.47. The Balaban J connectivity index is 1.65. The first-order valence-corrected chi connectivity index (χ1v) is 8.86. The Labute approximate surface area is 160 Å². The van der Waals surface area contributed by atoms with Crippen LogP contribution in [0.1, 0.15) is 21.5 Å². The van der Waals surface area contributed by atoms with E-state index in [0.717, 1.165) is 13.1 Å². The first-order valence-electron chi connectivity index (χ1n) is 8.86. The van der Waals surface area contributed by atoms with Gasteiger partial charge in [-0.1, -0.05) is 12.1 Å². The van der Waals surface area contributed by atoms with E-state index in [0.29, 0.717) is 42.2 Å². The lowest BCUT2D eigenvalue weighted by Crippen LogP contribution is -2.35. The molecule has 0 amide bonds. The second kappa shape index (κ2) is 7.41. The Kier molecular flexibility index (Phi) is 4.81. The highest BCUT2D eigenvalue weighted by atomic mass is 16.6. The molecule has 0 aromatic heterocycles. The van der Waals surface area contributed by atoms with Gasteiger partial charge in [-0.15, -0.1) is 0 Å². The summed E-state index contributed by atoms with van der Waals surface area (Å²) in [6, 6.07) is 8.99. The van der Waals surface area contributed by atoms with Crippen molar-refractivity contribution in [3.8, 4) is 11.5 Å². The van der Waals surface area contributed by atoms with Crippen LogP contribution in [0.5, 0.6) is 11.5 Å². The average molecular weight is 382 g/mol. The van der Waals surface area contributed by atoms with Crippen LogP contribution < -0.4 is 4.74 Å². The van der Waals surface area contributed by atoms with Gasteiger partial charge in [0.05, 0.1) is 29.3 Å². The summed E-state index contributed by atoms with van der Waals surface area (Å²) in [6.45, 7) is 3.14. The second-order valence-corrected chi connectivity index (χ2v) is 6.62.